The predicted molar refractivity (Wildman–Crippen MR) is 113 cm³/mol. The molecule has 2 heterocycles. The van der Waals surface area contributed by atoms with Crippen LogP contribution in [0.3, 0.4) is 0 Å². The van der Waals surface area contributed by atoms with Gasteiger partial charge in [-0.15, -0.1) is 0 Å². The van der Waals surface area contributed by atoms with E-state index in [0.29, 0.717) is 30.9 Å². The van der Waals surface area contributed by atoms with Gasteiger partial charge < -0.3 is 11.1 Å². The Morgan fingerprint density at radius 3 is 2.55 bits per heavy atom. The highest BCUT2D eigenvalue weighted by atomic mass is 16.2. The number of benzene rings is 1. The smallest absolute Gasteiger partial charge is 0.329 e. The van der Waals surface area contributed by atoms with Crippen molar-refractivity contribution in [3.8, 4) is 0 Å². The molecular weight excluding hydrogens is 370 g/mol. The van der Waals surface area contributed by atoms with Crippen LogP contribution in [-0.2, 0) is 13.0 Å². The topological polar surface area (TPSA) is 123 Å². The standard InChI is InChI=1S/C21H25N5O3/c1-4-26-18-17(20(28)25-21(26)29)15(11-16(24-18)12(2)3)19(27)23-10-9-13-5-7-14(22)8-6-13/h5-8,11-12H,4,9-10,22H2,1-3H3,(H,23,27)(H,25,28,29). The van der Waals surface area contributed by atoms with Crippen LogP contribution in [0, 0.1) is 0 Å². The lowest BCUT2D eigenvalue weighted by Crippen LogP contribution is -2.33. The molecule has 152 valence electrons. The van der Waals surface area contributed by atoms with Crippen LogP contribution in [0.2, 0.25) is 0 Å². The number of nitrogens with two attached hydrogens (primary N) is 1. The Balaban J connectivity index is 1.98. The zero-order valence-corrected chi connectivity index (χ0v) is 16.8. The number of aromatic nitrogens is 3. The first kappa shape index (κ1) is 20.3. The number of carbonyl (C=O) groups excluding carboxylic acids is 1. The Labute approximate surface area is 167 Å². The minimum Gasteiger partial charge on any atom is -0.399 e. The molecule has 8 nitrogen and oxygen atoms in total. The number of amides is 1. The summed E-state index contributed by atoms with van der Waals surface area (Å²) in [5.41, 5.74) is 7.37. The Kier molecular flexibility index (Phi) is 5.81. The number of nitrogen functional groups attached to an aromatic ring is 1. The highest BCUT2D eigenvalue weighted by Gasteiger charge is 2.19. The number of anilines is 1. The third kappa shape index (κ3) is 4.21. The second kappa shape index (κ2) is 8.30. The number of pyridine rings is 1. The minimum atomic E-state index is -0.610. The van der Waals surface area contributed by atoms with Gasteiger partial charge in [-0.3, -0.25) is 19.1 Å². The third-order valence-corrected chi connectivity index (χ3v) is 4.80. The van der Waals surface area contributed by atoms with Gasteiger partial charge in [0.15, 0.2) is 5.65 Å². The fraction of sp³-hybridized carbons (Fsp3) is 0.333. The summed E-state index contributed by atoms with van der Waals surface area (Å²) >= 11 is 0. The lowest BCUT2D eigenvalue weighted by atomic mass is 10.0. The zero-order valence-electron chi connectivity index (χ0n) is 16.8. The molecule has 0 aliphatic carbocycles. The van der Waals surface area contributed by atoms with Gasteiger partial charge in [-0.1, -0.05) is 26.0 Å². The molecule has 3 rings (SSSR count). The second-order valence-corrected chi connectivity index (χ2v) is 7.20. The van der Waals surface area contributed by atoms with Crippen LogP contribution in [0.25, 0.3) is 11.0 Å². The van der Waals surface area contributed by atoms with Crippen molar-refractivity contribution in [1.82, 2.24) is 19.9 Å². The van der Waals surface area contributed by atoms with Gasteiger partial charge in [0, 0.05) is 24.5 Å². The molecule has 0 bridgehead atoms. The first-order chi connectivity index (χ1) is 13.8. The highest BCUT2D eigenvalue weighted by molar-refractivity contribution is 6.05. The number of rotatable bonds is 6. The number of nitrogens with one attached hydrogen (secondary N) is 2. The normalized spacial score (nSPS) is 11.2. The molecule has 0 saturated carbocycles. The van der Waals surface area contributed by atoms with E-state index in [9.17, 15) is 14.4 Å². The van der Waals surface area contributed by atoms with Gasteiger partial charge in [0.05, 0.1) is 10.9 Å². The van der Waals surface area contributed by atoms with Gasteiger partial charge in [0.1, 0.15) is 0 Å². The van der Waals surface area contributed by atoms with Crippen molar-refractivity contribution in [2.75, 3.05) is 12.3 Å². The average molecular weight is 395 g/mol. The molecule has 2 aromatic heterocycles. The maximum atomic E-state index is 12.9. The van der Waals surface area contributed by atoms with E-state index in [1.165, 1.54) is 4.57 Å². The summed E-state index contributed by atoms with van der Waals surface area (Å²) < 4.78 is 1.37. The van der Waals surface area contributed by atoms with Crippen molar-refractivity contribution in [3.05, 3.63) is 68.0 Å². The lowest BCUT2D eigenvalue weighted by molar-refractivity contribution is 0.0955. The number of carbonyl (C=O) groups is 1. The fourth-order valence-corrected chi connectivity index (χ4v) is 3.16. The fourth-order valence-electron chi connectivity index (χ4n) is 3.16. The van der Waals surface area contributed by atoms with Crippen LogP contribution in [0.4, 0.5) is 5.69 Å². The summed E-state index contributed by atoms with van der Waals surface area (Å²) in [5, 5.41) is 2.99. The Bertz CT molecular complexity index is 1160. The molecule has 8 heteroatoms. The van der Waals surface area contributed by atoms with E-state index < -0.39 is 11.2 Å². The number of aromatic amines is 1. The van der Waals surface area contributed by atoms with Crippen molar-refractivity contribution >= 4 is 22.6 Å². The van der Waals surface area contributed by atoms with Crippen LogP contribution in [0.5, 0.6) is 0 Å². The molecule has 0 aliphatic rings. The molecule has 4 N–H and O–H groups in total. The molecule has 0 radical (unpaired) electrons. The average Bonchev–Trinajstić information content (AvgIpc) is 2.68. The van der Waals surface area contributed by atoms with Crippen LogP contribution >= 0.6 is 0 Å². The van der Waals surface area contributed by atoms with Gasteiger partial charge in [-0.25, -0.2) is 9.78 Å². The van der Waals surface area contributed by atoms with E-state index >= 15 is 0 Å². The van der Waals surface area contributed by atoms with Crippen molar-refractivity contribution in [3.63, 3.8) is 0 Å². The first-order valence-electron chi connectivity index (χ1n) is 9.62. The van der Waals surface area contributed by atoms with Gasteiger partial charge >= 0.3 is 5.69 Å². The van der Waals surface area contributed by atoms with Gasteiger partial charge in [-0.2, -0.15) is 0 Å². The number of H-pyrrole nitrogens is 1. The third-order valence-electron chi connectivity index (χ3n) is 4.80. The number of nitrogens with zero attached hydrogens (tertiary/aromatic N) is 2. The molecule has 0 unspecified atom stereocenters. The number of hydrogen-bond donors (Lipinski definition) is 3. The summed E-state index contributed by atoms with van der Waals surface area (Å²) in [4.78, 5) is 44.4. The van der Waals surface area contributed by atoms with Crippen LogP contribution in [0.1, 0.15) is 48.3 Å². The molecule has 3 aromatic rings. The van der Waals surface area contributed by atoms with Crippen LogP contribution in [-0.4, -0.2) is 27.0 Å². The maximum Gasteiger partial charge on any atom is 0.329 e. The van der Waals surface area contributed by atoms with E-state index in [4.69, 9.17) is 5.73 Å². The molecule has 0 atom stereocenters. The summed E-state index contributed by atoms with van der Waals surface area (Å²) in [6.07, 6.45) is 0.627. The monoisotopic (exact) mass is 395 g/mol. The second-order valence-electron chi connectivity index (χ2n) is 7.20. The van der Waals surface area contributed by atoms with Crippen molar-refractivity contribution in [1.29, 1.82) is 0 Å². The number of hydrogen-bond acceptors (Lipinski definition) is 5. The quantitative estimate of drug-likeness (QED) is 0.549. The molecule has 1 amide bonds. The van der Waals surface area contributed by atoms with Crippen molar-refractivity contribution in [2.24, 2.45) is 0 Å². The summed E-state index contributed by atoms with van der Waals surface area (Å²) in [6.45, 7) is 6.40. The molecule has 0 fully saturated rings. The van der Waals surface area contributed by atoms with Gasteiger partial charge in [-0.05, 0) is 43.0 Å². The first-order valence-corrected chi connectivity index (χ1v) is 9.62. The molecule has 0 aliphatic heterocycles. The van der Waals surface area contributed by atoms with E-state index in [1.54, 1.807) is 13.0 Å². The van der Waals surface area contributed by atoms with Crippen LogP contribution < -0.4 is 22.3 Å². The molecule has 1 aromatic carbocycles. The minimum absolute atomic E-state index is 0.0282. The van der Waals surface area contributed by atoms with E-state index in [0.717, 1.165) is 5.56 Å². The molecule has 0 spiro atoms. The molecule has 29 heavy (non-hydrogen) atoms. The SMILES string of the molecule is CCn1c(=O)[nH]c(=O)c2c(C(=O)NCCc3ccc(N)cc3)cc(C(C)C)nc21. The largest absolute Gasteiger partial charge is 0.399 e. The van der Waals surface area contributed by atoms with E-state index in [-0.39, 0.29) is 28.4 Å². The van der Waals surface area contributed by atoms with E-state index in [1.807, 2.05) is 38.1 Å². The molecule has 0 saturated heterocycles. The van der Waals surface area contributed by atoms with Crippen molar-refractivity contribution in [2.45, 2.75) is 39.7 Å². The number of aryl methyl sites for hydroxylation is 1. The van der Waals surface area contributed by atoms with E-state index in [2.05, 4.69) is 15.3 Å². The Morgan fingerprint density at radius 2 is 1.93 bits per heavy atom. The van der Waals surface area contributed by atoms with Gasteiger partial charge in [0.25, 0.3) is 11.5 Å². The predicted octanol–water partition coefficient (Wildman–Crippen LogP) is 1.78. The maximum absolute atomic E-state index is 12.9. The Hall–Kier alpha value is -3.42. The summed E-state index contributed by atoms with van der Waals surface area (Å²) in [7, 11) is 0. The zero-order chi connectivity index (χ0) is 21.1. The van der Waals surface area contributed by atoms with Crippen molar-refractivity contribution < 1.29 is 4.79 Å². The lowest BCUT2D eigenvalue weighted by Gasteiger charge is -2.14. The summed E-state index contributed by atoms with van der Waals surface area (Å²) in [6, 6.07) is 9.07. The molecular formula is C21H25N5O3. The Morgan fingerprint density at radius 1 is 1.24 bits per heavy atom. The number of fused-ring (bicyclic) bond motifs is 1. The van der Waals surface area contributed by atoms with Gasteiger partial charge in [0.2, 0.25) is 0 Å². The van der Waals surface area contributed by atoms with Crippen LogP contribution in [0.15, 0.2) is 39.9 Å². The highest BCUT2D eigenvalue weighted by Crippen LogP contribution is 2.19. The summed E-state index contributed by atoms with van der Waals surface area (Å²) in [5.74, 6) is -0.345.